The van der Waals surface area contributed by atoms with E-state index in [1.54, 1.807) is 13.2 Å². The molecule has 1 aliphatic rings. The van der Waals surface area contributed by atoms with Crippen molar-refractivity contribution >= 4 is 23.4 Å². The number of amides is 1. The highest BCUT2D eigenvalue weighted by Gasteiger charge is 2.11. The van der Waals surface area contributed by atoms with Crippen LogP contribution in [-0.2, 0) is 4.79 Å². The van der Waals surface area contributed by atoms with Gasteiger partial charge in [0.25, 0.3) is 0 Å². The Bertz CT molecular complexity index is 838. The van der Waals surface area contributed by atoms with E-state index < -0.39 is 0 Å². The fraction of sp³-hybridized carbons (Fsp3) is 0.375. The molecule has 0 unspecified atom stereocenters. The lowest BCUT2D eigenvalue weighted by molar-refractivity contribution is -0.111. The molecule has 1 amide bonds. The van der Waals surface area contributed by atoms with Gasteiger partial charge in [0.1, 0.15) is 0 Å². The number of anilines is 2. The molecule has 1 saturated heterocycles. The predicted molar refractivity (Wildman–Crippen MR) is 119 cm³/mol. The summed E-state index contributed by atoms with van der Waals surface area (Å²) in [5, 5.41) is 2.91. The molecule has 0 saturated carbocycles. The van der Waals surface area contributed by atoms with Crippen LogP contribution in [0.15, 0.2) is 48.5 Å². The SMILES string of the molecule is COc1cc(/C=C/C(=O)Nc2ccc(N3CCCCC3)cc2)ccc1OC(C)C. The third-order valence-electron chi connectivity index (χ3n) is 4.83. The van der Waals surface area contributed by atoms with Crippen LogP contribution < -0.4 is 19.7 Å². The zero-order chi connectivity index (χ0) is 20.6. The number of carbonyl (C=O) groups is 1. The van der Waals surface area contributed by atoms with Gasteiger partial charge in [-0.05, 0) is 81.1 Å². The van der Waals surface area contributed by atoms with Gasteiger partial charge in [-0.25, -0.2) is 0 Å². The standard InChI is InChI=1S/C24H30N2O3/c1-18(2)29-22-13-7-19(17-23(22)28-3)8-14-24(27)25-20-9-11-21(12-10-20)26-15-5-4-6-16-26/h7-14,17-18H,4-6,15-16H2,1-3H3,(H,25,27)/b14-8+. The quantitative estimate of drug-likeness (QED) is 0.662. The number of carbonyl (C=O) groups excluding carboxylic acids is 1. The van der Waals surface area contributed by atoms with Crippen molar-refractivity contribution in [2.45, 2.75) is 39.2 Å². The fourth-order valence-corrected chi connectivity index (χ4v) is 3.40. The molecule has 1 heterocycles. The van der Waals surface area contributed by atoms with Crippen molar-refractivity contribution in [2.24, 2.45) is 0 Å². The van der Waals surface area contributed by atoms with Crippen LogP contribution in [0.5, 0.6) is 11.5 Å². The average molecular weight is 395 g/mol. The monoisotopic (exact) mass is 394 g/mol. The molecule has 3 rings (SSSR count). The van der Waals surface area contributed by atoms with Crippen molar-refractivity contribution in [1.82, 2.24) is 0 Å². The van der Waals surface area contributed by atoms with Gasteiger partial charge < -0.3 is 19.7 Å². The van der Waals surface area contributed by atoms with E-state index in [1.165, 1.54) is 31.0 Å². The van der Waals surface area contributed by atoms with Crippen LogP contribution in [0.2, 0.25) is 0 Å². The van der Waals surface area contributed by atoms with Gasteiger partial charge in [0.2, 0.25) is 5.91 Å². The minimum atomic E-state index is -0.169. The van der Waals surface area contributed by atoms with Gasteiger partial charge in [-0.1, -0.05) is 6.07 Å². The Labute approximate surface area is 173 Å². The molecule has 2 aromatic carbocycles. The van der Waals surface area contributed by atoms with Crippen LogP contribution in [0.3, 0.4) is 0 Å². The lowest BCUT2D eigenvalue weighted by Gasteiger charge is -2.28. The van der Waals surface area contributed by atoms with E-state index in [1.807, 2.05) is 44.2 Å². The minimum absolute atomic E-state index is 0.0670. The summed E-state index contributed by atoms with van der Waals surface area (Å²) in [7, 11) is 1.61. The Morgan fingerprint density at radius 1 is 1.03 bits per heavy atom. The maximum atomic E-state index is 12.3. The highest BCUT2D eigenvalue weighted by atomic mass is 16.5. The lowest BCUT2D eigenvalue weighted by Crippen LogP contribution is -2.29. The third-order valence-corrected chi connectivity index (χ3v) is 4.83. The topological polar surface area (TPSA) is 50.8 Å². The molecular formula is C24H30N2O3. The van der Waals surface area contributed by atoms with Crippen molar-refractivity contribution in [1.29, 1.82) is 0 Å². The zero-order valence-corrected chi connectivity index (χ0v) is 17.5. The molecule has 29 heavy (non-hydrogen) atoms. The summed E-state index contributed by atoms with van der Waals surface area (Å²) in [6.45, 7) is 6.16. The second-order valence-electron chi connectivity index (χ2n) is 7.49. The molecule has 0 radical (unpaired) electrons. The van der Waals surface area contributed by atoms with Crippen molar-refractivity contribution in [3.05, 3.63) is 54.1 Å². The Morgan fingerprint density at radius 3 is 2.41 bits per heavy atom. The number of benzene rings is 2. The zero-order valence-electron chi connectivity index (χ0n) is 17.5. The van der Waals surface area contributed by atoms with E-state index in [0.717, 1.165) is 24.3 Å². The number of piperidine rings is 1. The molecule has 0 aromatic heterocycles. The van der Waals surface area contributed by atoms with E-state index in [4.69, 9.17) is 9.47 Å². The van der Waals surface area contributed by atoms with Crippen LogP contribution in [0.1, 0.15) is 38.7 Å². The molecule has 5 nitrogen and oxygen atoms in total. The molecule has 2 aromatic rings. The Kier molecular flexibility index (Phi) is 7.17. The van der Waals surface area contributed by atoms with Crippen LogP contribution in [-0.4, -0.2) is 32.2 Å². The predicted octanol–water partition coefficient (Wildman–Crippen LogP) is 5.12. The highest BCUT2D eigenvalue weighted by Crippen LogP contribution is 2.29. The smallest absolute Gasteiger partial charge is 0.248 e. The molecule has 5 heteroatoms. The molecule has 0 bridgehead atoms. The van der Waals surface area contributed by atoms with Gasteiger partial charge in [0.05, 0.1) is 13.2 Å². The molecule has 1 N–H and O–H groups in total. The van der Waals surface area contributed by atoms with Gasteiger partial charge in [0.15, 0.2) is 11.5 Å². The molecule has 0 spiro atoms. The second kappa shape index (κ2) is 10.0. The molecule has 1 aliphatic heterocycles. The summed E-state index contributed by atoms with van der Waals surface area (Å²) in [6, 6.07) is 13.7. The molecule has 0 atom stereocenters. The normalized spacial score (nSPS) is 14.3. The molecular weight excluding hydrogens is 364 g/mol. The first kappa shape index (κ1) is 20.8. The number of ether oxygens (including phenoxy) is 2. The number of hydrogen-bond acceptors (Lipinski definition) is 4. The van der Waals surface area contributed by atoms with Crippen molar-refractivity contribution in [2.75, 3.05) is 30.4 Å². The average Bonchev–Trinajstić information content (AvgIpc) is 2.74. The number of methoxy groups -OCH3 is 1. The lowest BCUT2D eigenvalue weighted by atomic mass is 10.1. The highest BCUT2D eigenvalue weighted by molar-refractivity contribution is 6.02. The van der Waals surface area contributed by atoms with Crippen LogP contribution in [0.25, 0.3) is 6.08 Å². The number of rotatable bonds is 7. The largest absolute Gasteiger partial charge is 0.493 e. The van der Waals surface area contributed by atoms with Crippen molar-refractivity contribution in [3.63, 3.8) is 0 Å². The van der Waals surface area contributed by atoms with Crippen LogP contribution in [0, 0.1) is 0 Å². The van der Waals surface area contributed by atoms with Gasteiger partial charge in [-0.3, -0.25) is 4.79 Å². The van der Waals surface area contributed by atoms with E-state index in [9.17, 15) is 4.79 Å². The third kappa shape index (κ3) is 6.01. The second-order valence-corrected chi connectivity index (χ2v) is 7.49. The fourth-order valence-electron chi connectivity index (χ4n) is 3.40. The summed E-state index contributed by atoms with van der Waals surface area (Å²) in [4.78, 5) is 14.7. The number of nitrogens with one attached hydrogen (secondary N) is 1. The Morgan fingerprint density at radius 2 is 1.76 bits per heavy atom. The van der Waals surface area contributed by atoms with E-state index in [2.05, 4.69) is 22.3 Å². The maximum Gasteiger partial charge on any atom is 0.248 e. The number of nitrogens with zero attached hydrogens (tertiary/aromatic N) is 1. The Balaban J connectivity index is 1.59. The first-order valence-electron chi connectivity index (χ1n) is 10.2. The van der Waals surface area contributed by atoms with Crippen molar-refractivity contribution in [3.8, 4) is 11.5 Å². The minimum Gasteiger partial charge on any atom is -0.493 e. The molecule has 1 fully saturated rings. The van der Waals surface area contributed by atoms with Gasteiger partial charge in [-0.15, -0.1) is 0 Å². The first-order chi connectivity index (χ1) is 14.0. The number of hydrogen-bond donors (Lipinski definition) is 1. The first-order valence-corrected chi connectivity index (χ1v) is 10.2. The van der Waals surface area contributed by atoms with Gasteiger partial charge >= 0.3 is 0 Å². The van der Waals surface area contributed by atoms with E-state index >= 15 is 0 Å². The Hall–Kier alpha value is -2.95. The maximum absolute atomic E-state index is 12.3. The van der Waals surface area contributed by atoms with E-state index in [0.29, 0.717) is 11.5 Å². The van der Waals surface area contributed by atoms with Gasteiger partial charge in [0, 0.05) is 30.5 Å². The summed E-state index contributed by atoms with van der Waals surface area (Å²) in [6.07, 6.45) is 7.17. The summed E-state index contributed by atoms with van der Waals surface area (Å²) >= 11 is 0. The summed E-state index contributed by atoms with van der Waals surface area (Å²) in [5.74, 6) is 1.17. The summed E-state index contributed by atoms with van der Waals surface area (Å²) < 4.78 is 11.1. The molecule has 0 aliphatic carbocycles. The summed E-state index contributed by atoms with van der Waals surface area (Å²) in [5.41, 5.74) is 2.88. The van der Waals surface area contributed by atoms with E-state index in [-0.39, 0.29) is 12.0 Å². The molecule has 154 valence electrons. The van der Waals surface area contributed by atoms with Crippen LogP contribution >= 0.6 is 0 Å². The van der Waals surface area contributed by atoms with Crippen molar-refractivity contribution < 1.29 is 14.3 Å². The van der Waals surface area contributed by atoms with Gasteiger partial charge in [-0.2, -0.15) is 0 Å². The van der Waals surface area contributed by atoms with Crippen LogP contribution in [0.4, 0.5) is 11.4 Å².